The predicted octanol–water partition coefficient (Wildman–Crippen LogP) is -1.29. The molecule has 18 heavy (non-hydrogen) atoms. The molecule has 0 aromatic carbocycles. The predicted molar refractivity (Wildman–Crippen MR) is 61.8 cm³/mol. The lowest BCUT2D eigenvalue weighted by molar-refractivity contribution is -0.139. The van der Waals surface area contributed by atoms with Crippen molar-refractivity contribution >= 4 is 11.9 Å². The van der Waals surface area contributed by atoms with Gasteiger partial charge in [-0.3, -0.25) is 9.59 Å². The first-order valence-corrected chi connectivity index (χ1v) is 5.39. The van der Waals surface area contributed by atoms with Crippen LogP contribution in [-0.2, 0) is 22.4 Å². The SMILES string of the molecule is NC(CCc1ncc(CC(N)C(=O)O)[nH]1)C(=O)O. The van der Waals surface area contributed by atoms with Crippen LogP contribution >= 0.6 is 0 Å². The summed E-state index contributed by atoms with van der Waals surface area (Å²) in [7, 11) is 0. The van der Waals surface area contributed by atoms with E-state index in [0.717, 1.165) is 0 Å². The molecule has 8 nitrogen and oxygen atoms in total. The van der Waals surface area contributed by atoms with Crippen molar-refractivity contribution in [3.63, 3.8) is 0 Å². The van der Waals surface area contributed by atoms with Gasteiger partial charge in [0.15, 0.2) is 0 Å². The second-order valence-corrected chi connectivity index (χ2v) is 3.99. The number of H-pyrrole nitrogens is 1. The van der Waals surface area contributed by atoms with Gasteiger partial charge in [0.1, 0.15) is 17.9 Å². The molecule has 1 aromatic heterocycles. The second kappa shape index (κ2) is 6.12. The fraction of sp³-hybridized carbons (Fsp3) is 0.500. The maximum absolute atomic E-state index is 10.6. The molecule has 0 aliphatic carbocycles. The number of imidazole rings is 1. The van der Waals surface area contributed by atoms with Crippen LogP contribution in [-0.4, -0.2) is 44.2 Å². The molecule has 0 saturated heterocycles. The smallest absolute Gasteiger partial charge is 0.320 e. The standard InChI is InChI=1S/C10H16N4O4/c11-6(9(15)16)1-2-8-13-4-5(14-8)3-7(12)10(17)18/h4,6-7H,1-3,11-12H2,(H,13,14)(H,15,16)(H,17,18). The molecule has 0 spiro atoms. The van der Waals surface area contributed by atoms with Crippen LogP contribution in [0.3, 0.4) is 0 Å². The van der Waals surface area contributed by atoms with E-state index in [-0.39, 0.29) is 12.8 Å². The van der Waals surface area contributed by atoms with E-state index in [2.05, 4.69) is 9.97 Å². The Morgan fingerprint density at radius 1 is 1.28 bits per heavy atom. The summed E-state index contributed by atoms with van der Waals surface area (Å²) in [5.74, 6) is -1.58. The van der Waals surface area contributed by atoms with Crippen molar-refractivity contribution in [2.45, 2.75) is 31.3 Å². The quantitative estimate of drug-likeness (QED) is 0.406. The van der Waals surface area contributed by atoms with Crippen LogP contribution in [0.5, 0.6) is 0 Å². The van der Waals surface area contributed by atoms with Crippen molar-refractivity contribution in [1.29, 1.82) is 0 Å². The van der Waals surface area contributed by atoms with E-state index in [4.69, 9.17) is 21.7 Å². The van der Waals surface area contributed by atoms with Crippen molar-refractivity contribution in [2.24, 2.45) is 11.5 Å². The second-order valence-electron chi connectivity index (χ2n) is 3.99. The fourth-order valence-corrected chi connectivity index (χ4v) is 1.38. The average Bonchev–Trinajstić information content (AvgIpc) is 2.73. The third-order valence-electron chi connectivity index (χ3n) is 2.45. The number of nitrogens with zero attached hydrogens (tertiary/aromatic N) is 1. The number of hydrogen-bond donors (Lipinski definition) is 5. The number of aromatic nitrogens is 2. The molecule has 0 aliphatic rings. The average molecular weight is 256 g/mol. The highest BCUT2D eigenvalue weighted by Crippen LogP contribution is 2.04. The number of nitrogens with two attached hydrogens (primary N) is 2. The summed E-state index contributed by atoms with van der Waals surface area (Å²) in [6.07, 6.45) is 2.28. The zero-order chi connectivity index (χ0) is 13.7. The van der Waals surface area contributed by atoms with Gasteiger partial charge < -0.3 is 26.7 Å². The van der Waals surface area contributed by atoms with E-state index in [1.165, 1.54) is 6.20 Å². The normalized spacial score (nSPS) is 14.1. The van der Waals surface area contributed by atoms with Gasteiger partial charge in [0.2, 0.25) is 0 Å². The Balaban J connectivity index is 2.48. The summed E-state index contributed by atoms with van der Waals surface area (Å²) in [6, 6.07) is -1.92. The summed E-state index contributed by atoms with van der Waals surface area (Å²) in [5.41, 5.74) is 11.3. The minimum absolute atomic E-state index is 0.146. The molecule has 8 heteroatoms. The lowest BCUT2D eigenvalue weighted by Crippen LogP contribution is -2.32. The number of rotatable bonds is 7. The molecule has 100 valence electrons. The lowest BCUT2D eigenvalue weighted by Gasteiger charge is -2.04. The Morgan fingerprint density at radius 3 is 2.44 bits per heavy atom. The molecule has 0 aliphatic heterocycles. The van der Waals surface area contributed by atoms with Crippen molar-refractivity contribution in [3.8, 4) is 0 Å². The number of nitrogens with one attached hydrogen (secondary N) is 1. The molecule has 1 rings (SSSR count). The van der Waals surface area contributed by atoms with Gasteiger partial charge in [-0.25, -0.2) is 4.98 Å². The number of carboxylic acid groups (broad SMARTS) is 2. The maximum atomic E-state index is 10.6. The van der Waals surface area contributed by atoms with Gasteiger partial charge >= 0.3 is 11.9 Å². The summed E-state index contributed by atoms with van der Waals surface area (Å²) in [5, 5.41) is 17.3. The van der Waals surface area contributed by atoms with Gasteiger partial charge in [-0.2, -0.15) is 0 Å². The molecule has 0 fully saturated rings. The van der Waals surface area contributed by atoms with E-state index in [1.54, 1.807) is 0 Å². The van der Waals surface area contributed by atoms with Crippen LogP contribution in [0.1, 0.15) is 17.9 Å². The lowest BCUT2D eigenvalue weighted by atomic mass is 10.1. The number of hydrogen-bond acceptors (Lipinski definition) is 5. The fourth-order valence-electron chi connectivity index (χ4n) is 1.38. The molecule has 0 saturated carbocycles. The molecule has 7 N–H and O–H groups in total. The first-order valence-electron chi connectivity index (χ1n) is 5.39. The van der Waals surface area contributed by atoms with Gasteiger partial charge in [0.05, 0.1) is 0 Å². The Kier molecular flexibility index (Phi) is 4.81. The Labute approximate surface area is 103 Å². The number of aryl methyl sites for hydroxylation is 1. The molecule has 1 heterocycles. The van der Waals surface area contributed by atoms with E-state index in [0.29, 0.717) is 17.9 Å². The van der Waals surface area contributed by atoms with Crippen LogP contribution < -0.4 is 11.5 Å². The van der Waals surface area contributed by atoms with E-state index >= 15 is 0 Å². The van der Waals surface area contributed by atoms with Crippen LogP contribution in [0.15, 0.2) is 6.20 Å². The van der Waals surface area contributed by atoms with Gasteiger partial charge in [-0.15, -0.1) is 0 Å². The zero-order valence-electron chi connectivity index (χ0n) is 9.67. The number of aliphatic carboxylic acids is 2. The third kappa shape index (κ3) is 4.15. The Bertz CT molecular complexity index is 431. The highest BCUT2D eigenvalue weighted by atomic mass is 16.4. The van der Waals surface area contributed by atoms with Gasteiger partial charge in [0, 0.05) is 24.7 Å². The summed E-state index contributed by atoms with van der Waals surface area (Å²) < 4.78 is 0. The summed E-state index contributed by atoms with van der Waals surface area (Å²) in [6.45, 7) is 0. The van der Waals surface area contributed by atoms with Crippen LogP contribution in [0.2, 0.25) is 0 Å². The topological polar surface area (TPSA) is 155 Å². The molecule has 2 atom stereocenters. The Morgan fingerprint density at radius 2 is 1.89 bits per heavy atom. The van der Waals surface area contributed by atoms with Crippen LogP contribution in [0.4, 0.5) is 0 Å². The molecule has 2 unspecified atom stereocenters. The van der Waals surface area contributed by atoms with Crippen molar-refractivity contribution in [3.05, 3.63) is 17.7 Å². The maximum Gasteiger partial charge on any atom is 0.320 e. The van der Waals surface area contributed by atoms with Gasteiger partial charge in [-0.05, 0) is 6.42 Å². The van der Waals surface area contributed by atoms with Crippen LogP contribution in [0.25, 0.3) is 0 Å². The minimum atomic E-state index is -1.08. The molecule has 0 bridgehead atoms. The molecular formula is C10H16N4O4. The number of aromatic amines is 1. The van der Waals surface area contributed by atoms with E-state index in [9.17, 15) is 9.59 Å². The van der Waals surface area contributed by atoms with Crippen molar-refractivity contribution in [1.82, 2.24) is 9.97 Å². The Hall–Kier alpha value is -1.93. The molecule has 0 amide bonds. The highest BCUT2D eigenvalue weighted by molar-refractivity contribution is 5.73. The molecule has 0 radical (unpaired) electrons. The number of carbonyl (C=O) groups is 2. The zero-order valence-corrected chi connectivity index (χ0v) is 9.67. The van der Waals surface area contributed by atoms with Crippen molar-refractivity contribution < 1.29 is 19.8 Å². The summed E-state index contributed by atoms with van der Waals surface area (Å²) in [4.78, 5) is 28.0. The van der Waals surface area contributed by atoms with Gasteiger partial charge in [0.25, 0.3) is 0 Å². The van der Waals surface area contributed by atoms with Crippen LogP contribution in [0, 0.1) is 0 Å². The first-order chi connectivity index (χ1) is 8.40. The highest BCUT2D eigenvalue weighted by Gasteiger charge is 2.15. The molecule has 1 aromatic rings. The van der Waals surface area contributed by atoms with E-state index in [1.807, 2.05) is 0 Å². The minimum Gasteiger partial charge on any atom is -0.480 e. The largest absolute Gasteiger partial charge is 0.480 e. The van der Waals surface area contributed by atoms with E-state index < -0.39 is 24.0 Å². The monoisotopic (exact) mass is 256 g/mol. The third-order valence-corrected chi connectivity index (χ3v) is 2.45. The molecular weight excluding hydrogens is 240 g/mol. The summed E-state index contributed by atoms with van der Waals surface area (Å²) >= 11 is 0. The number of carboxylic acids is 2. The van der Waals surface area contributed by atoms with Crippen molar-refractivity contribution in [2.75, 3.05) is 0 Å². The van der Waals surface area contributed by atoms with Gasteiger partial charge in [-0.1, -0.05) is 0 Å². The first kappa shape index (κ1) is 14.1.